The lowest BCUT2D eigenvalue weighted by Crippen LogP contribution is -2.55. The van der Waals surface area contributed by atoms with Gasteiger partial charge in [-0.1, -0.05) is 24.3 Å². The maximum Gasteiger partial charge on any atom is 0.433 e. The molecule has 0 spiro atoms. The molecule has 10 atom stereocenters. The molecule has 11 nitrogen and oxygen atoms in total. The Labute approximate surface area is 313 Å². The first kappa shape index (κ1) is 37.6. The number of pyridine rings is 1. The minimum Gasteiger partial charge on any atom is -0.494 e. The fraction of sp³-hybridized carbons (Fsp3) is 0.675. The number of aliphatic hydroxyl groups is 3. The van der Waals surface area contributed by atoms with Crippen molar-refractivity contribution in [2.24, 2.45) is 17.3 Å². The summed E-state index contributed by atoms with van der Waals surface area (Å²) >= 11 is 0. The van der Waals surface area contributed by atoms with E-state index in [9.17, 15) is 28.5 Å². The lowest BCUT2D eigenvalue weighted by atomic mass is 9.55. The summed E-state index contributed by atoms with van der Waals surface area (Å²) in [4.78, 5) is 5.98. The van der Waals surface area contributed by atoms with Crippen LogP contribution in [0.3, 0.4) is 0 Å². The normalized spacial score (nSPS) is 34.6. The molecular formula is C40H52F3N5O6. The number of piperidine rings is 1. The van der Waals surface area contributed by atoms with Crippen molar-refractivity contribution in [3.63, 3.8) is 0 Å². The van der Waals surface area contributed by atoms with Gasteiger partial charge in [0.15, 0.2) is 6.10 Å². The highest BCUT2D eigenvalue weighted by Crippen LogP contribution is 2.61. The molecule has 0 unspecified atom stereocenters. The SMILES string of the molecule is C[C@H]1O[C@H](c2cn(C3CCN(CCCOc4ccc5c(c4)CC[C@@H]4[C@@H]5CC[C@]5(C)[C@@H](O)CC[C@@H]45)CC3)nn2)[C@H](Oc2cccc(C(F)(F)F)n2)[C@@H](O)[C@H]1O. The van der Waals surface area contributed by atoms with Gasteiger partial charge in [-0.15, -0.1) is 5.10 Å². The van der Waals surface area contributed by atoms with E-state index in [1.54, 1.807) is 17.8 Å². The molecule has 3 aromatic rings. The number of aromatic nitrogens is 4. The number of alkyl halides is 3. The van der Waals surface area contributed by atoms with Crippen LogP contribution in [0.4, 0.5) is 13.2 Å². The molecule has 14 heteroatoms. The molecule has 2 aromatic heterocycles. The number of ether oxygens (including phenoxy) is 3. The van der Waals surface area contributed by atoms with Gasteiger partial charge < -0.3 is 34.4 Å². The Kier molecular flexibility index (Phi) is 10.4. The number of aryl methyl sites for hydroxylation is 1. The number of benzene rings is 1. The molecule has 2 saturated carbocycles. The molecule has 1 aromatic carbocycles. The van der Waals surface area contributed by atoms with Crippen molar-refractivity contribution in [1.82, 2.24) is 24.9 Å². The van der Waals surface area contributed by atoms with Crippen LogP contribution in [0.5, 0.6) is 11.6 Å². The monoisotopic (exact) mass is 755 g/mol. The molecule has 3 aliphatic carbocycles. The Bertz CT molecular complexity index is 1770. The van der Waals surface area contributed by atoms with Crippen LogP contribution in [0.1, 0.15) is 106 Å². The molecule has 2 aliphatic heterocycles. The second kappa shape index (κ2) is 15.0. The molecule has 8 rings (SSSR count). The Morgan fingerprint density at radius 3 is 2.61 bits per heavy atom. The van der Waals surface area contributed by atoms with E-state index < -0.39 is 42.4 Å². The molecule has 0 amide bonds. The molecule has 0 radical (unpaired) electrons. The summed E-state index contributed by atoms with van der Waals surface area (Å²) in [5.41, 5.74) is 2.25. The molecule has 5 aliphatic rings. The van der Waals surface area contributed by atoms with Gasteiger partial charge in [-0.25, -0.2) is 9.67 Å². The van der Waals surface area contributed by atoms with Gasteiger partial charge in [0, 0.05) is 25.7 Å². The maximum absolute atomic E-state index is 13.3. The topological polar surface area (TPSA) is 135 Å². The first-order valence-corrected chi connectivity index (χ1v) is 19.7. The van der Waals surface area contributed by atoms with Crippen molar-refractivity contribution < 1.29 is 42.7 Å². The van der Waals surface area contributed by atoms with Gasteiger partial charge in [0.2, 0.25) is 5.88 Å². The van der Waals surface area contributed by atoms with Crippen molar-refractivity contribution in [1.29, 1.82) is 0 Å². The van der Waals surface area contributed by atoms with E-state index in [1.807, 2.05) is 0 Å². The van der Waals surface area contributed by atoms with Crippen molar-refractivity contribution >= 4 is 0 Å². The number of hydrogen-bond donors (Lipinski definition) is 3. The number of fused-ring (bicyclic) bond motifs is 5. The Balaban J connectivity index is 0.818. The molecule has 294 valence electrons. The van der Waals surface area contributed by atoms with Gasteiger partial charge in [0.1, 0.15) is 35.4 Å². The van der Waals surface area contributed by atoms with Crippen LogP contribution in [0.2, 0.25) is 0 Å². The van der Waals surface area contributed by atoms with E-state index in [2.05, 4.69) is 45.3 Å². The quantitative estimate of drug-likeness (QED) is 0.236. The second-order valence-electron chi connectivity index (χ2n) is 16.5. The number of halogens is 3. The van der Waals surface area contributed by atoms with Crippen LogP contribution in [-0.4, -0.2) is 97.0 Å². The standard InChI is InChI=1S/C40H52F3N5O6/c1-23-35(50)36(51)38(54-34-6-3-5-32(44-34)40(41,42)43)37(53-23)31-22-48(46-45-31)25-14-18-47(19-15-25)17-4-20-52-26-8-10-27-24(21-26)7-9-29-28(27)13-16-39(2)30(29)11-12-33(39)49/h3,5-6,8,10,21-23,25,28-30,33,35-38,49-51H,4,7,9,11-20H2,1-2H3/t23-,28-,29-,30+,33+,35+,36+,37-,38-,39+/m1/s1. The van der Waals surface area contributed by atoms with Gasteiger partial charge in [-0.05, 0) is 117 Å². The number of rotatable bonds is 9. The van der Waals surface area contributed by atoms with Crippen molar-refractivity contribution in [2.45, 2.75) is 126 Å². The van der Waals surface area contributed by atoms with E-state index in [0.29, 0.717) is 30.1 Å². The molecule has 3 N–H and O–H groups in total. The zero-order valence-corrected chi connectivity index (χ0v) is 30.9. The fourth-order valence-corrected chi connectivity index (χ4v) is 10.3. The van der Waals surface area contributed by atoms with Crippen LogP contribution in [0.25, 0.3) is 0 Å². The highest BCUT2D eigenvalue weighted by molar-refractivity contribution is 5.41. The molecule has 4 heterocycles. The number of nitrogens with zero attached hydrogens (tertiary/aromatic N) is 5. The van der Waals surface area contributed by atoms with E-state index in [0.717, 1.165) is 76.4 Å². The van der Waals surface area contributed by atoms with Crippen LogP contribution >= 0.6 is 0 Å². The molecule has 4 fully saturated rings. The first-order chi connectivity index (χ1) is 25.9. The fourth-order valence-electron chi connectivity index (χ4n) is 10.3. The van der Waals surface area contributed by atoms with Gasteiger partial charge in [0.25, 0.3) is 0 Å². The summed E-state index contributed by atoms with van der Waals surface area (Å²) in [5, 5.41) is 40.8. The lowest BCUT2D eigenvalue weighted by Gasteiger charge is -2.50. The smallest absolute Gasteiger partial charge is 0.433 e. The van der Waals surface area contributed by atoms with Crippen molar-refractivity contribution in [3.05, 3.63) is 65.1 Å². The molecule has 0 bridgehead atoms. The largest absolute Gasteiger partial charge is 0.494 e. The lowest BCUT2D eigenvalue weighted by molar-refractivity contribution is -0.214. The summed E-state index contributed by atoms with van der Waals surface area (Å²) in [7, 11) is 0. The first-order valence-electron chi connectivity index (χ1n) is 19.7. The summed E-state index contributed by atoms with van der Waals surface area (Å²) in [5.74, 6) is 2.51. The predicted molar refractivity (Wildman–Crippen MR) is 191 cm³/mol. The number of likely N-dealkylation sites (tertiary alicyclic amines) is 1. The Morgan fingerprint density at radius 1 is 1.00 bits per heavy atom. The summed E-state index contributed by atoms with van der Waals surface area (Å²) in [6, 6.07) is 10.1. The maximum atomic E-state index is 13.3. The van der Waals surface area contributed by atoms with Gasteiger partial charge in [-0.2, -0.15) is 13.2 Å². The zero-order valence-electron chi connectivity index (χ0n) is 30.9. The third-order valence-electron chi connectivity index (χ3n) is 13.4. The second-order valence-corrected chi connectivity index (χ2v) is 16.5. The summed E-state index contributed by atoms with van der Waals surface area (Å²) in [6.45, 7) is 7.26. The predicted octanol–water partition coefficient (Wildman–Crippen LogP) is 5.64. The van der Waals surface area contributed by atoms with Gasteiger partial charge in [-0.3, -0.25) is 0 Å². The summed E-state index contributed by atoms with van der Waals surface area (Å²) in [6.07, 6.45) is 0.368. The zero-order chi connectivity index (χ0) is 37.8. The van der Waals surface area contributed by atoms with E-state index in [1.165, 1.54) is 36.1 Å². The van der Waals surface area contributed by atoms with E-state index in [-0.39, 0.29) is 23.4 Å². The Hall–Kier alpha value is -3.30. The Morgan fingerprint density at radius 2 is 1.81 bits per heavy atom. The van der Waals surface area contributed by atoms with Crippen LogP contribution in [0, 0.1) is 17.3 Å². The third-order valence-corrected chi connectivity index (χ3v) is 13.4. The summed E-state index contributed by atoms with van der Waals surface area (Å²) < 4.78 is 59.6. The number of aliphatic hydroxyl groups excluding tert-OH is 3. The van der Waals surface area contributed by atoms with Crippen LogP contribution < -0.4 is 9.47 Å². The molecule has 54 heavy (non-hydrogen) atoms. The minimum atomic E-state index is -4.67. The van der Waals surface area contributed by atoms with Crippen molar-refractivity contribution in [2.75, 3.05) is 26.2 Å². The highest BCUT2D eigenvalue weighted by atomic mass is 19.4. The number of hydrogen-bond acceptors (Lipinski definition) is 10. The highest BCUT2D eigenvalue weighted by Gasteiger charge is 2.54. The van der Waals surface area contributed by atoms with Crippen molar-refractivity contribution in [3.8, 4) is 11.6 Å². The average molecular weight is 756 g/mol. The van der Waals surface area contributed by atoms with E-state index >= 15 is 0 Å². The minimum absolute atomic E-state index is 0.0894. The van der Waals surface area contributed by atoms with Crippen LogP contribution in [-0.2, 0) is 17.3 Å². The van der Waals surface area contributed by atoms with Gasteiger partial charge >= 0.3 is 6.18 Å². The van der Waals surface area contributed by atoms with Crippen LogP contribution in [0.15, 0.2) is 42.6 Å². The van der Waals surface area contributed by atoms with E-state index in [4.69, 9.17) is 14.2 Å². The van der Waals surface area contributed by atoms with Gasteiger partial charge in [0.05, 0.1) is 31.1 Å². The average Bonchev–Trinajstić information content (AvgIpc) is 3.78. The molecule has 2 saturated heterocycles. The molecular weight excluding hydrogens is 703 g/mol. The third kappa shape index (κ3) is 7.24.